The van der Waals surface area contributed by atoms with Crippen LogP contribution >= 0.6 is 11.3 Å². The van der Waals surface area contributed by atoms with E-state index in [0.717, 1.165) is 36.6 Å². The second-order valence-electron chi connectivity index (χ2n) is 5.44. The first kappa shape index (κ1) is 16.2. The third kappa shape index (κ3) is 4.68. The molecular formula is C17H26N2OS. The molecule has 4 heteroatoms. The summed E-state index contributed by atoms with van der Waals surface area (Å²) in [6.45, 7) is 5.75. The average Bonchev–Trinajstić information content (AvgIpc) is 2.88. The summed E-state index contributed by atoms with van der Waals surface area (Å²) in [5, 5.41) is 1.23. The molecule has 0 saturated carbocycles. The molecule has 0 aliphatic heterocycles. The highest BCUT2D eigenvalue weighted by Crippen LogP contribution is 2.28. The average molecular weight is 306 g/mol. The Morgan fingerprint density at radius 2 is 2.10 bits per heavy atom. The molecule has 2 N–H and O–H groups in total. The van der Waals surface area contributed by atoms with E-state index in [4.69, 9.17) is 15.5 Å². The molecule has 2 aromatic rings. The topological polar surface area (TPSA) is 48.1 Å². The van der Waals surface area contributed by atoms with E-state index in [1.54, 1.807) is 11.3 Å². The fourth-order valence-electron chi connectivity index (χ4n) is 2.72. The van der Waals surface area contributed by atoms with Crippen LogP contribution in [0, 0.1) is 5.92 Å². The predicted molar refractivity (Wildman–Crippen MR) is 91.2 cm³/mol. The Kier molecular flexibility index (Phi) is 6.46. The molecule has 3 nitrogen and oxygen atoms in total. The number of fused-ring (bicyclic) bond motifs is 1. The first-order chi connectivity index (χ1) is 10.3. The molecule has 0 aliphatic rings. The first-order valence-corrected chi connectivity index (χ1v) is 8.80. The van der Waals surface area contributed by atoms with E-state index in [0.29, 0.717) is 6.61 Å². The lowest BCUT2D eigenvalue weighted by molar-refractivity contribution is 0.341. The summed E-state index contributed by atoms with van der Waals surface area (Å²) < 4.78 is 6.77. The summed E-state index contributed by atoms with van der Waals surface area (Å²) in [4.78, 5) is 4.74. The highest BCUT2D eigenvalue weighted by molar-refractivity contribution is 7.18. The summed E-state index contributed by atoms with van der Waals surface area (Å²) in [5.41, 5.74) is 6.80. The fraction of sp³-hybridized carbons (Fsp3) is 0.588. The van der Waals surface area contributed by atoms with Crippen molar-refractivity contribution in [3.05, 3.63) is 23.2 Å². The SMILES string of the molecule is CCCC(CCN)CCc1nc2ccc(OCC)cc2s1. The first-order valence-electron chi connectivity index (χ1n) is 7.99. The smallest absolute Gasteiger partial charge is 0.120 e. The van der Waals surface area contributed by atoms with Crippen molar-refractivity contribution in [3.63, 3.8) is 0 Å². The van der Waals surface area contributed by atoms with Gasteiger partial charge in [0, 0.05) is 0 Å². The van der Waals surface area contributed by atoms with Crippen LogP contribution in [0.3, 0.4) is 0 Å². The molecule has 0 saturated heterocycles. The maximum absolute atomic E-state index is 5.71. The molecule has 0 spiro atoms. The minimum Gasteiger partial charge on any atom is -0.494 e. The number of ether oxygens (including phenoxy) is 1. The van der Waals surface area contributed by atoms with Gasteiger partial charge in [-0.1, -0.05) is 19.8 Å². The lowest BCUT2D eigenvalue weighted by Crippen LogP contribution is -2.09. The van der Waals surface area contributed by atoms with E-state index in [2.05, 4.69) is 19.1 Å². The summed E-state index contributed by atoms with van der Waals surface area (Å²) in [7, 11) is 0. The van der Waals surface area contributed by atoms with Crippen molar-refractivity contribution in [2.75, 3.05) is 13.2 Å². The van der Waals surface area contributed by atoms with Gasteiger partial charge in [-0.3, -0.25) is 0 Å². The molecule has 0 amide bonds. The summed E-state index contributed by atoms with van der Waals surface area (Å²) in [6.07, 6.45) is 5.91. The standard InChI is InChI=1S/C17H26N2OS/c1-3-5-13(10-11-18)6-9-17-19-15-8-7-14(20-4-2)12-16(15)21-17/h7-8,12-13H,3-6,9-11,18H2,1-2H3. The summed E-state index contributed by atoms with van der Waals surface area (Å²) in [6, 6.07) is 6.16. The lowest BCUT2D eigenvalue weighted by atomic mass is 9.95. The zero-order chi connectivity index (χ0) is 15.1. The van der Waals surface area contributed by atoms with Crippen LogP contribution in [0.5, 0.6) is 5.75 Å². The molecule has 0 bridgehead atoms. The second kappa shape index (κ2) is 8.35. The van der Waals surface area contributed by atoms with Gasteiger partial charge in [0.2, 0.25) is 0 Å². The van der Waals surface area contributed by atoms with Crippen LogP contribution in [0.4, 0.5) is 0 Å². The van der Waals surface area contributed by atoms with Gasteiger partial charge in [0.1, 0.15) is 5.75 Å². The van der Waals surface area contributed by atoms with Gasteiger partial charge in [-0.05, 0) is 56.8 Å². The molecule has 2 rings (SSSR count). The molecule has 1 unspecified atom stereocenters. The van der Waals surface area contributed by atoms with Crippen LogP contribution < -0.4 is 10.5 Å². The fourth-order valence-corrected chi connectivity index (χ4v) is 3.73. The van der Waals surface area contributed by atoms with E-state index >= 15 is 0 Å². The van der Waals surface area contributed by atoms with Crippen LogP contribution in [-0.4, -0.2) is 18.1 Å². The van der Waals surface area contributed by atoms with Crippen molar-refractivity contribution in [3.8, 4) is 5.75 Å². The normalized spacial score (nSPS) is 12.7. The van der Waals surface area contributed by atoms with Crippen LogP contribution in [0.1, 0.15) is 44.5 Å². The molecule has 0 fully saturated rings. The van der Waals surface area contributed by atoms with Gasteiger partial charge < -0.3 is 10.5 Å². The van der Waals surface area contributed by atoms with E-state index < -0.39 is 0 Å². The predicted octanol–water partition coefficient (Wildman–Crippen LogP) is 4.39. The highest BCUT2D eigenvalue weighted by Gasteiger charge is 2.10. The second-order valence-corrected chi connectivity index (χ2v) is 6.56. The molecule has 1 atom stereocenters. The quantitative estimate of drug-likeness (QED) is 0.747. The Morgan fingerprint density at radius 3 is 2.81 bits per heavy atom. The van der Waals surface area contributed by atoms with Crippen LogP contribution in [0.2, 0.25) is 0 Å². The van der Waals surface area contributed by atoms with Gasteiger partial charge >= 0.3 is 0 Å². The zero-order valence-electron chi connectivity index (χ0n) is 13.1. The summed E-state index contributed by atoms with van der Waals surface area (Å²) >= 11 is 1.79. The molecule has 21 heavy (non-hydrogen) atoms. The minimum atomic E-state index is 0.703. The van der Waals surface area contributed by atoms with Crippen molar-refractivity contribution in [1.29, 1.82) is 0 Å². The monoisotopic (exact) mass is 306 g/mol. The Bertz CT molecular complexity index is 547. The van der Waals surface area contributed by atoms with Gasteiger partial charge in [0.15, 0.2) is 0 Å². The summed E-state index contributed by atoms with van der Waals surface area (Å²) in [5.74, 6) is 1.68. The number of hydrogen-bond donors (Lipinski definition) is 1. The van der Waals surface area contributed by atoms with Gasteiger partial charge in [-0.15, -0.1) is 11.3 Å². The zero-order valence-corrected chi connectivity index (χ0v) is 13.9. The molecule has 0 radical (unpaired) electrons. The van der Waals surface area contributed by atoms with Gasteiger partial charge in [0.05, 0.1) is 21.8 Å². The third-order valence-electron chi connectivity index (χ3n) is 3.75. The Morgan fingerprint density at radius 1 is 1.24 bits per heavy atom. The molecule has 1 aromatic carbocycles. The lowest BCUT2D eigenvalue weighted by Gasteiger charge is -2.13. The van der Waals surface area contributed by atoms with Gasteiger partial charge in [-0.25, -0.2) is 4.98 Å². The molecular weight excluding hydrogens is 280 g/mol. The number of thiazole rings is 1. The number of benzene rings is 1. The number of aryl methyl sites for hydroxylation is 1. The van der Waals surface area contributed by atoms with E-state index in [1.807, 2.05) is 13.0 Å². The highest BCUT2D eigenvalue weighted by atomic mass is 32.1. The molecule has 1 aromatic heterocycles. The van der Waals surface area contributed by atoms with Gasteiger partial charge in [0.25, 0.3) is 0 Å². The number of aromatic nitrogens is 1. The van der Waals surface area contributed by atoms with Crippen LogP contribution in [0.15, 0.2) is 18.2 Å². The number of rotatable bonds is 9. The van der Waals surface area contributed by atoms with Crippen LogP contribution in [-0.2, 0) is 6.42 Å². The molecule has 1 heterocycles. The van der Waals surface area contributed by atoms with Crippen molar-refractivity contribution < 1.29 is 4.74 Å². The maximum atomic E-state index is 5.71. The largest absolute Gasteiger partial charge is 0.494 e. The van der Waals surface area contributed by atoms with Crippen molar-refractivity contribution in [1.82, 2.24) is 4.98 Å². The molecule has 0 aliphatic carbocycles. The Hall–Kier alpha value is -1.13. The van der Waals surface area contributed by atoms with Crippen molar-refractivity contribution >= 4 is 21.6 Å². The number of hydrogen-bond acceptors (Lipinski definition) is 4. The maximum Gasteiger partial charge on any atom is 0.120 e. The van der Waals surface area contributed by atoms with Crippen molar-refractivity contribution in [2.45, 2.75) is 46.0 Å². The Balaban J connectivity index is 2.01. The van der Waals surface area contributed by atoms with Crippen molar-refractivity contribution in [2.24, 2.45) is 11.7 Å². The number of nitrogens with two attached hydrogens (primary N) is 1. The number of nitrogens with zero attached hydrogens (tertiary/aromatic N) is 1. The molecule has 116 valence electrons. The third-order valence-corrected chi connectivity index (χ3v) is 4.83. The Labute approximate surface area is 131 Å². The minimum absolute atomic E-state index is 0.703. The van der Waals surface area contributed by atoms with Crippen LogP contribution in [0.25, 0.3) is 10.2 Å². The van der Waals surface area contributed by atoms with E-state index in [9.17, 15) is 0 Å². The van der Waals surface area contributed by atoms with E-state index in [1.165, 1.54) is 29.0 Å². The van der Waals surface area contributed by atoms with E-state index in [-0.39, 0.29) is 0 Å². The van der Waals surface area contributed by atoms with Gasteiger partial charge in [-0.2, -0.15) is 0 Å².